The maximum atomic E-state index is 12.8. The summed E-state index contributed by atoms with van der Waals surface area (Å²) in [5, 5.41) is -0.0144. The largest absolute Gasteiger partial charge is 0.469 e. The van der Waals surface area contributed by atoms with Gasteiger partial charge < -0.3 is 4.74 Å². The van der Waals surface area contributed by atoms with E-state index in [4.69, 9.17) is 4.74 Å². The first kappa shape index (κ1) is 17.6. The first-order chi connectivity index (χ1) is 11.4. The second-order valence-electron chi connectivity index (χ2n) is 6.32. The topological polar surface area (TPSA) is 29.5 Å². The van der Waals surface area contributed by atoms with Gasteiger partial charge in [-0.15, -0.1) is 11.8 Å². The molecule has 3 fully saturated rings. The highest BCUT2D eigenvalue weighted by Gasteiger charge is 2.46. The van der Waals surface area contributed by atoms with Crippen molar-refractivity contribution in [1.82, 2.24) is 4.90 Å². The lowest BCUT2D eigenvalue weighted by Crippen LogP contribution is -2.55. The van der Waals surface area contributed by atoms with Crippen molar-refractivity contribution in [2.45, 2.75) is 30.1 Å². The lowest BCUT2D eigenvalue weighted by Gasteiger charge is -2.49. The predicted molar refractivity (Wildman–Crippen MR) is 86.3 cm³/mol. The highest BCUT2D eigenvalue weighted by molar-refractivity contribution is 7.99. The van der Waals surface area contributed by atoms with Gasteiger partial charge in [-0.3, -0.25) is 9.69 Å². The number of esters is 1. The maximum absolute atomic E-state index is 12.8. The van der Waals surface area contributed by atoms with Gasteiger partial charge in [0.25, 0.3) is 0 Å². The molecule has 3 aliphatic heterocycles. The molecule has 0 radical (unpaired) electrons. The molecule has 2 bridgehead atoms. The van der Waals surface area contributed by atoms with Crippen molar-refractivity contribution in [3.8, 4) is 0 Å². The summed E-state index contributed by atoms with van der Waals surface area (Å²) in [7, 11) is 1.40. The fourth-order valence-corrected chi connectivity index (χ4v) is 5.17. The molecule has 132 valence electrons. The van der Waals surface area contributed by atoms with Crippen LogP contribution in [0.25, 0.3) is 0 Å². The molecule has 4 rings (SSSR count). The van der Waals surface area contributed by atoms with Gasteiger partial charge in [0.2, 0.25) is 0 Å². The third-order valence-corrected chi connectivity index (χ3v) is 6.33. The number of nitrogens with zero attached hydrogens (tertiary/aromatic N) is 1. The van der Waals surface area contributed by atoms with Crippen LogP contribution < -0.4 is 0 Å². The number of carbonyl (C=O) groups is 1. The van der Waals surface area contributed by atoms with Crippen molar-refractivity contribution in [3.05, 3.63) is 35.4 Å². The van der Waals surface area contributed by atoms with Crippen molar-refractivity contribution in [3.63, 3.8) is 0 Å². The molecular formula is C17H20F3NO2S. The van der Waals surface area contributed by atoms with Crippen molar-refractivity contribution in [1.29, 1.82) is 0 Å². The maximum Gasteiger partial charge on any atom is 0.416 e. The number of methoxy groups -OCH3 is 1. The SMILES string of the molecule is COC(=O)C1C2CCN(CC2)C1SCc1cccc(C(F)(F)F)c1. The van der Waals surface area contributed by atoms with E-state index in [1.165, 1.54) is 19.2 Å². The number of ether oxygens (including phenoxy) is 1. The number of alkyl halides is 3. The highest BCUT2D eigenvalue weighted by atomic mass is 32.2. The van der Waals surface area contributed by atoms with Crippen LogP contribution in [0.5, 0.6) is 0 Å². The Hall–Kier alpha value is -1.21. The van der Waals surface area contributed by atoms with Gasteiger partial charge in [-0.1, -0.05) is 18.2 Å². The summed E-state index contributed by atoms with van der Waals surface area (Å²) in [6.07, 6.45) is -2.36. The van der Waals surface area contributed by atoms with E-state index in [2.05, 4.69) is 4.90 Å². The molecule has 3 nitrogen and oxygen atoms in total. The van der Waals surface area contributed by atoms with E-state index in [0.29, 0.717) is 17.2 Å². The molecule has 0 N–H and O–H groups in total. The van der Waals surface area contributed by atoms with E-state index in [1.54, 1.807) is 17.8 Å². The molecular weight excluding hydrogens is 339 g/mol. The molecule has 3 aliphatic rings. The second-order valence-corrected chi connectivity index (χ2v) is 7.43. The fraction of sp³-hybridized carbons (Fsp3) is 0.588. The molecule has 0 saturated carbocycles. The number of fused-ring (bicyclic) bond motifs is 3. The van der Waals surface area contributed by atoms with E-state index >= 15 is 0 Å². The number of halogens is 3. The molecule has 2 unspecified atom stereocenters. The number of piperidine rings is 3. The van der Waals surface area contributed by atoms with E-state index in [9.17, 15) is 18.0 Å². The van der Waals surface area contributed by atoms with Crippen LogP contribution in [-0.4, -0.2) is 36.4 Å². The fourth-order valence-electron chi connectivity index (χ4n) is 3.67. The minimum atomic E-state index is -4.33. The zero-order valence-electron chi connectivity index (χ0n) is 13.4. The Morgan fingerprint density at radius 1 is 1.33 bits per heavy atom. The predicted octanol–water partition coefficient (Wildman–Crippen LogP) is 3.78. The quantitative estimate of drug-likeness (QED) is 0.766. The summed E-state index contributed by atoms with van der Waals surface area (Å²) in [6, 6.07) is 5.41. The van der Waals surface area contributed by atoms with Gasteiger partial charge in [-0.05, 0) is 43.5 Å². The Labute approximate surface area is 143 Å². The van der Waals surface area contributed by atoms with Crippen molar-refractivity contribution in [2.75, 3.05) is 20.2 Å². The summed E-state index contributed by atoms with van der Waals surface area (Å²) in [5.41, 5.74) is -0.00308. The molecule has 24 heavy (non-hydrogen) atoms. The van der Waals surface area contributed by atoms with Crippen LogP contribution in [0.3, 0.4) is 0 Å². The molecule has 7 heteroatoms. The normalized spacial score (nSPS) is 29.5. The number of hydrogen-bond acceptors (Lipinski definition) is 4. The third kappa shape index (κ3) is 3.57. The zero-order chi connectivity index (χ0) is 17.3. The summed E-state index contributed by atoms with van der Waals surface area (Å²) in [4.78, 5) is 14.4. The third-order valence-electron chi connectivity index (χ3n) is 4.90. The Balaban J connectivity index is 1.72. The Morgan fingerprint density at radius 2 is 2.04 bits per heavy atom. The van der Waals surface area contributed by atoms with E-state index < -0.39 is 11.7 Å². The molecule has 3 saturated heterocycles. The summed E-state index contributed by atoms with van der Waals surface area (Å²) < 4.78 is 43.4. The van der Waals surface area contributed by atoms with Crippen LogP contribution in [0.15, 0.2) is 24.3 Å². The molecule has 0 aliphatic carbocycles. The van der Waals surface area contributed by atoms with Gasteiger partial charge in [0, 0.05) is 5.75 Å². The van der Waals surface area contributed by atoms with Crippen LogP contribution in [0, 0.1) is 11.8 Å². The van der Waals surface area contributed by atoms with Gasteiger partial charge in [0.1, 0.15) is 0 Å². The molecule has 0 amide bonds. The van der Waals surface area contributed by atoms with Crippen molar-refractivity contribution in [2.24, 2.45) is 11.8 Å². The molecule has 1 aromatic rings. The summed E-state index contributed by atoms with van der Waals surface area (Å²) in [5.74, 6) is 0.381. The van der Waals surface area contributed by atoms with Gasteiger partial charge in [-0.2, -0.15) is 13.2 Å². The minimum Gasteiger partial charge on any atom is -0.469 e. The Kier molecular flexibility index (Phi) is 5.11. The average Bonchev–Trinajstić information content (AvgIpc) is 2.59. The number of thioether (sulfide) groups is 1. The molecule has 1 aromatic carbocycles. The van der Waals surface area contributed by atoms with E-state index in [0.717, 1.165) is 32.0 Å². The van der Waals surface area contributed by atoms with Gasteiger partial charge >= 0.3 is 12.1 Å². The van der Waals surface area contributed by atoms with E-state index in [1.807, 2.05) is 0 Å². The van der Waals surface area contributed by atoms with Gasteiger partial charge in [0.15, 0.2) is 0 Å². The van der Waals surface area contributed by atoms with Gasteiger partial charge in [-0.25, -0.2) is 0 Å². The Morgan fingerprint density at radius 3 is 2.67 bits per heavy atom. The zero-order valence-corrected chi connectivity index (χ0v) is 14.2. The molecule has 0 aromatic heterocycles. The lowest BCUT2D eigenvalue weighted by atomic mass is 9.79. The summed E-state index contributed by atoms with van der Waals surface area (Å²) in [6.45, 7) is 1.89. The average molecular weight is 359 g/mol. The van der Waals surface area contributed by atoms with Crippen LogP contribution in [-0.2, 0) is 21.5 Å². The molecule has 2 atom stereocenters. The lowest BCUT2D eigenvalue weighted by molar-refractivity contribution is -0.153. The second kappa shape index (κ2) is 6.96. The molecule has 3 heterocycles. The first-order valence-corrected chi connectivity index (χ1v) is 9.04. The smallest absolute Gasteiger partial charge is 0.416 e. The minimum absolute atomic E-state index is 0.0144. The number of carbonyl (C=O) groups excluding carboxylic acids is 1. The van der Waals surface area contributed by atoms with Crippen LogP contribution in [0.2, 0.25) is 0 Å². The summed E-state index contributed by atoms with van der Waals surface area (Å²) >= 11 is 1.54. The standard InChI is InChI=1S/C17H20F3NO2S/c1-23-16(22)14-12-5-7-21(8-6-12)15(14)24-10-11-3-2-4-13(9-11)17(18,19)20/h2-4,9,12,14-15H,5-8,10H2,1H3. The van der Waals surface area contributed by atoms with Crippen LogP contribution in [0.1, 0.15) is 24.0 Å². The number of hydrogen-bond donors (Lipinski definition) is 0. The van der Waals surface area contributed by atoms with E-state index in [-0.39, 0.29) is 17.3 Å². The number of benzene rings is 1. The number of rotatable bonds is 4. The van der Waals surface area contributed by atoms with Crippen LogP contribution in [0.4, 0.5) is 13.2 Å². The first-order valence-electron chi connectivity index (χ1n) is 8.00. The van der Waals surface area contributed by atoms with Crippen molar-refractivity contribution < 1.29 is 22.7 Å². The van der Waals surface area contributed by atoms with Crippen molar-refractivity contribution >= 4 is 17.7 Å². The Bertz CT molecular complexity index is 600. The highest BCUT2D eigenvalue weighted by Crippen LogP contribution is 2.43. The van der Waals surface area contributed by atoms with Gasteiger partial charge in [0.05, 0.1) is 24.0 Å². The molecule has 0 spiro atoms. The van der Waals surface area contributed by atoms with Crippen LogP contribution >= 0.6 is 11.8 Å². The monoisotopic (exact) mass is 359 g/mol.